The Morgan fingerprint density at radius 3 is 3.12 bits per heavy atom. The molecule has 1 aliphatic carbocycles. The van der Waals surface area contributed by atoms with Gasteiger partial charge in [0.15, 0.2) is 6.10 Å². The third-order valence-corrected chi connectivity index (χ3v) is 5.38. The van der Waals surface area contributed by atoms with Gasteiger partial charge in [0.2, 0.25) is 5.88 Å². The molecule has 2 atom stereocenters. The molecule has 1 aliphatic rings. The van der Waals surface area contributed by atoms with Crippen molar-refractivity contribution in [3.05, 3.63) is 43.5 Å². The number of halogens is 2. The molecular formula is C18H18Cl2N2O2S. The van der Waals surface area contributed by atoms with Crippen molar-refractivity contribution in [2.24, 2.45) is 5.92 Å². The summed E-state index contributed by atoms with van der Waals surface area (Å²) in [5, 5.41) is 7.01. The van der Waals surface area contributed by atoms with Gasteiger partial charge in [0.25, 0.3) is 5.91 Å². The predicted octanol–water partition coefficient (Wildman–Crippen LogP) is 3.00. The summed E-state index contributed by atoms with van der Waals surface area (Å²) in [6.07, 6.45) is 6.68. The Bertz CT molecular complexity index is 881. The van der Waals surface area contributed by atoms with Crippen molar-refractivity contribution in [2.75, 3.05) is 6.54 Å². The Labute approximate surface area is 160 Å². The minimum Gasteiger partial charge on any atom is -0.463 e. The van der Waals surface area contributed by atoms with Crippen molar-refractivity contribution < 1.29 is 9.53 Å². The number of amides is 1. The van der Waals surface area contributed by atoms with Crippen LogP contribution in [0.4, 0.5) is 0 Å². The van der Waals surface area contributed by atoms with Crippen LogP contribution < -0.4 is 19.8 Å². The first-order chi connectivity index (χ1) is 12.1. The third kappa shape index (κ3) is 4.54. The Kier molecular flexibility index (Phi) is 5.99. The fraction of sp³-hybridized carbons (Fsp3) is 0.333. The first-order valence-corrected chi connectivity index (χ1v) is 9.71. The maximum absolute atomic E-state index is 12.4. The van der Waals surface area contributed by atoms with Crippen LogP contribution in [0.5, 0.6) is 5.88 Å². The van der Waals surface area contributed by atoms with Gasteiger partial charge in [-0.1, -0.05) is 42.3 Å². The van der Waals surface area contributed by atoms with E-state index in [4.69, 9.17) is 27.9 Å². The number of rotatable bonds is 6. The van der Waals surface area contributed by atoms with Gasteiger partial charge >= 0.3 is 0 Å². The van der Waals surface area contributed by atoms with Gasteiger partial charge in [-0.3, -0.25) is 4.79 Å². The smallest absolute Gasteiger partial charge is 0.261 e. The summed E-state index contributed by atoms with van der Waals surface area (Å²) in [6.45, 7) is 2.46. The number of thiophene rings is 1. The van der Waals surface area contributed by atoms with Crippen molar-refractivity contribution in [2.45, 2.75) is 25.9 Å². The number of pyridine rings is 1. The summed E-state index contributed by atoms with van der Waals surface area (Å²) in [7, 11) is 0. The largest absolute Gasteiger partial charge is 0.463 e. The van der Waals surface area contributed by atoms with Gasteiger partial charge < -0.3 is 10.1 Å². The van der Waals surface area contributed by atoms with Gasteiger partial charge in [-0.05, 0) is 41.5 Å². The topological polar surface area (TPSA) is 51.2 Å². The van der Waals surface area contributed by atoms with Crippen molar-refractivity contribution in [1.82, 2.24) is 10.3 Å². The third-order valence-electron chi connectivity index (χ3n) is 3.98. The SMILES string of the molecule is CCC(Oc1ncc(Cl)cc1Cl)C(=O)NCC1C=c2ccsc2=CC1. The van der Waals surface area contributed by atoms with E-state index in [1.54, 1.807) is 17.4 Å². The normalized spacial score (nSPS) is 17.0. The second kappa shape index (κ2) is 8.21. The van der Waals surface area contributed by atoms with E-state index < -0.39 is 6.10 Å². The summed E-state index contributed by atoms with van der Waals surface area (Å²) in [4.78, 5) is 16.5. The molecule has 2 unspecified atom stereocenters. The number of fused-ring (bicyclic) bond motifs is 1. The lowest BCUT2D eigenvalue weighted by atomic mass is 10.0. The van der Waals surface area contributed by atoms with Crippen molar-refractivity contribution in [3.8, 4) is 5.88 Å². The molecule has 2 heterocycles. The molecule has 0 bridgehead atoms. The van der Waals surface area contributed by atoms with E-state index in [2.05, 4.69) is 33.9 Å². The zero-order chi connectivity index (χ0) is 17.8. The van der Waals surface area contributed by atoms with Gasteiger partial charge in [0, 0.05) is 17.3 Å². The highest BCUT2D eigenvalue weighted by Crippen LogP contribution is 2.25. The predicted molar refractivity (Wildman–Crippen MR) is 103 cm³/mol. The molecule has 2 aromatic rings. The quantitative estimate of drug-likeness (QED) is 0.816. The molecule has 25 heavy (non-hydrogen) atoms. The molecule has 0 spiro atoms. The number of nitrogens with zero attached hydrogens (tertiary/aromatic N) is 1. The Morgan fingerprint density at radius 2 is 2.36 bits per heavy atom. The van der Waals surface area contributed by atoms with Gasteiger partial charge in [-0.25, -0.2) is 4.98 Å². The number of carbonyl (C=O) groups is 1. The van der Waals surface area contributed by atoms with Crippen LogP contribution in [0.1, 0.15) is 19.8 Å². The lowest BCUT2D eigenvalue weighted by Crippen LogP contribution is -2.41. The van der Waals surface area contributed by atoms with E-state index in [0.29, 0.717) is 28.9 Å². The molecule has 0 aromatic carbocycles. The molecule has 0 saturated heterocycles. The minimum absolute atomic E-state index is 0.167. The van der Waals surface area contributed by atoms with Crippen molar-refractivity contribution >= 4 is 52.6 Å². The van der Waals surface area contributed by atoms with E-state index in [1.165, 1.54) is 15.9 Å². The summed E-state index contributed by atoms with van der Waals surface area (Å²) in [5.74, 6) is 0.342. The number of ether oxygens (including phenoxy) is 1. The van der Waals surface area contributed by atoms with Crippen LogP contribution in [0.15, 0.2) is 23.7 Å². The second-order valence-corrected chi connectivity index (χ2v) is 7.60. The average molecular weight is 397 g/mol. The van der Waals surface area contributed by atoms with Crippen LogP contribution in [-0.4, -0.2) is 23.5 Å². The van der Waals surface area contributed by atoms with Crippen LogP contribution in [0, 0.1) is 5.92 Å². The van der Waals surface area contributed by atoms with Crippen LogP contribution in [-0.2, 0) is 4.79 Å². The van der Waals surface area contributed by atoms with E-state index in [1.807, 2.05) is 6.92 Å². The number of hydrogen-bond acceptors (Lipinski definition) is 4. The Morgan fingerprint density at radius 1 is 1.52 bits per heavy atom. The van der Waals surface area contributed by atoms with E-state index >= 15 is 0 Å². The highest BCUT2D eigenvalue weighted by atomic mass is 35.5. The fourth-order valence-electron chi connectivity index (χ4n) is 2.65. The minimum atomic E-state index is -0.643. The molecule has 2 aromatic heterocycles. The van der Waals surface area contributed by atoms with Gasteiger partial charge in [-0.2, -0.15) is 0 Å². The van der Waals surface area contributed by atoms with Crippen molar-refractivity contribution in [1.29, 1.82) is 0 Å². The molecule has 0 fully saturated rings. The van der Waals surface area contributed by atoms with Crippen LogP contribution in [0.25, 0.3) is 12.2 Å². The Balaban J connectivity index is 1.59. The maximum Gasteiger partial charge on any atom is 0.261 e. The fourth-order valence-corrected chi connectivity index (χ4v) is 3.90. The zero-order valence-corrected chi connectivity index (χ0v) is 16.0. The van der Waals surface area contributed by atoms with E-state index in [9.17, 15) is 4.79 Å². The highest BCUT2D eigenvalue weighted by Gasteiger charge is 2.21. The number of carbonyl (C=O) groups excluding carboxylic acids is 1. The molecule has 4 nitrogen and oxygen atoms in total. The molecule has 0 saturated carbocycles. The van der Waals surface area contributed by atoms with Crippen LogP contribution in [0.3, 0.4) is 0 Å². The van der Waals surface area contributed by atoms with E-state index in [0.717, 1.165) is 6.42 Å². The van der Waals surface area contributed by atoms with Gasteiger partial charge in [-0.15, -0.1) is 11.3 Å². The highest BCUT2D eigenvalue weighted by molar-refractivity contribution is 7.07. The van der Waals surface area contributed by atoms with Gasteiger partial charge in [0.05, 0.1) is 5.02 Å². The molecule has 1 N–H and O–H groups in total. The first kappa shape index (κ1) is 18.2. The van der Waals surface area contributed by atoms with Crippen LogP contribution in [0.2, 0.25) is 10.0 Å². The zero-order valence-electron chi connectivity index (χ0n) is 13.7. The molecule has 0 aliphatic heterocycles. The second-order valence-electron chi connectivity index (χ2n) is 5.81. The molecule has 3 rings (SSSR count). The molecule has 1 amide bonds. The van der Waals surface area contributed by atoms with Gasteiger partial charge in [0.1, 0.15) is 5.02 Å². The summed E-state index contributed by atoms with van der Waals surface area (Å²) in [6, 6.07) is 3.65. The summed E-state index contributed by atoms with van der Waals surface area (Å²) in [5.41, 5.74) is 0. The summed E-state index contributed by atoms with van der Waals surface area (Å²) < 4.78 is 6.97. The van der Waals surface area contributed by atoms with Crippen molar-refractivity contribution in [3.63, 3.8) is 0 Å². The van der Waals surface area contributed by atoms with Crippen LogP contribution >= 0.6 is 34.5 Å². The molecule has 132 valence electrons. The Hall–Kier alpha value is -1.56. The standard InChI is InChI=1S/C18H18Cl2N2O2S/c1-2-15(24-18-14(20)8-13(19)10-22-18)17(23)21-9-11-3-4-16-12(7-11)5-6-25-16/h4-8,10-11,15H,2-3,9H2,1H3,(H,21,23). The number of aromatic nitrogens is 1. The number of nitrogens with one attached hydrogen (secondary N) is 1. The lowest BCUT2D eigenvalue weighted by molar-refractivity contribution is -0.128. The number of hydrogen-bond donors (Lipinski definition) is 1. The molecule has 0 radical (unpaired) electrons. The average Bonchev–Trinajstić information content (AvgIpc) is 3.07. The maximum atomic E-state index is 12.4. The molecule has 7 heteroatoms. The lowest BCUT2D eigenvalue weighted by Gasteiger charge is -2.19. The molecular weight excluding hydrogens is 379 g/mol. The van der Waals surface area contributed by atoms with E-state index in [-0.39, 0.29) is 11.8 Å². The monoisotopic (exact) mass is 396 g/mol. The summed E-state index contributed by atoms with van der Waals surface area (Å²) >= 11 is 13.6. The first-order valence-electron chi connectivity index (χ1n) is 8.07.